The van der Waals surface area contributed by atoms with E-state index in [1.54, 1.807) is 48.7 Å². The molecule has 0 fully saturated rings. The molecule has 0 aliphatic carbocycles. The number of amides is 1. The third kappa shape index (κ3) is 4.36. The van der Waals surface area contributed by atoms with Crippen LogP contribution in [0.1, 0.15) is 27.3 Å². The summed E-state index contributed by atoms with van der Waals surface area (Å²) in [4.78, 5) is 29.6. The van der Waals surface area contributed by atoms with Gasteiger partial charge in [-0.2, -0.15) is 18.3 Å². The summed E-state index contributed by atoms with van der Waals surface area (Å²) >= 11 is 0. The van der Waals surface area contributed by atoms with Gasteiger partial charge in [0.1, 0.15) is 0 Å². The van der Waals surface area contributed by atoms with Gasteiger partial charge in [0.05, 0.1) is 41.0 Å². The third-order valence-electron chi connectivity index (χ3n) is 4.88. The number of hydrogen-bond donors (Lipinski definition) is 1. The van der Waals surface area contributed by atoms with E-state index in [1.807, 2.05) is 0 Å². The highest BCUT2D eigenvalue weighted by atomic mass is 19.4. The Labute approximate surface area is 180 Å². The molecule has 0 aliphatic rings. The first-order chi connectivity index (χ1) is 15.3. The molecule has 162 valence electrons. The molecule has 0 spiro atoms. The molecule has 0 atom stereocenters. The number of hydrogen-bond acceptors (Lipinski definition) is 4. The number of carbonyl (C=O) groups is 1. The molecule has 1 N–H and O–H groups in total. The number of rotatable bonds is 5. The summed E-state index contributed by atoms with van der Waals surface area (Å²) in [5.74, 6) is -0.883. The maximum Gasteiger partial charge on any atom is 0.417 e. The van der Waals surface area contributed by atoms with Gasteiger partial charge >= 0.3 is 6.18 Å². The van der Waals surface area contributed by atoms with Gasteiger partial charge < -0.3 is 5.32 Å². The van der Waals surface area contributed by atoms with Gasteiger partial charge in [-0.25, -0.2) is 4.68 Å². The van der Waals surface area contributed by atoms with E-state index >= 15 is 0 Å². The van der Waals surface area contributed by atoms with Gasteiger partial charge in [0.25, 0.3) is 11.5 Å². The number of pyridine rings is 1. The highest BCUT2D eigenvalue weighted by molar-refractivity contribution is 5.96. The summed E-state index contributed by atoms with van der Waals surface area (Å²) in [7, 11) is 0. The molecule has 0 saturated heterocycles. The van der Waals surface area contributed by atoms with E-state index in [-0.39, 0.29) is 18.6 Å². The maximum atomic E-state index is 13.2. The average molecular weight is 438 g/mol. The molecule has 0 saturated carbocycles. The Balaban J connectivity index is 1.67. The Morgan fingerprint density at radius 2 is 1.62 bits per heavy atom. The second kappa shape index (κ2) is 8.62. The Hall–Kier alpha value is -4.01. The van der Waals surface area contributed by atoms with E-state index in [0.29, 0.717) is 22.2 Å². The topological polar surface area (TPSA) is 76.9 Å². The van der Waals surface area contributed by atoms with Crippen LogP contribution in [0.5, 0.6) is 0 Å². The molecular weight excluding hydrogens is 421 g/mol. The normalized spacial score (nSPS) is 11.5. The molecule has 1 amide bonds. The van der Waals surface area contributed by atoms with Gasteiger partial charge in [-0.05, 0) is 30.3 Å². The number of nitrogens with zero attached hydrogens (tertiary/aromatic N) is 3. The minimum absolute atomic E-state index is 0.113. The predicted octanol–water partition coefficient (Wildman–Crippen LogP) is 3.79. The fourth-order valence-electron chi connectivity index (χ4n) is 3.38. The van der Waals surface area contributed by atoms with Crippen LogP contribution in [0.2, 0.25) is 0 Å². The van der Waals surface area contributed by atoms with Crippen LogP contribution in [0.15, 0.2) is 77.7 Å². The van der Waals surface area contributed by atoms with Crippen molar-refractivity contribution in [2.45, 2.75) is 19.3 Å². The molecule has 9 heteroatoms. The van der Waals surface area contributed by atoms with Crippen LogP contribution < -0.4 is 10.9 Å². The van der Waals surface area contributed by atoms with E-state index in [4.69, 9.17) is 0 Å². The van der Waals surface area contributed by atoms with Crippen LogP contribution in [0.25, 0.3) is 10.8 Å². The van der Waals surface area contributed by atoms with Crippen molar-refractivity contribution in [3.8, 4) is 0 Å². The number of alkyl halides is 3. The molecule has 4 aromatic rings. The number of carbonyl (C=O) groups excluding carboxylic acids is 1. The van der Waals surface area contributed by atoms with E-state index in [9.17, 15) is 22.8 Å². The van der Waals surface area contributed by atoms with Crippen LogP contribution in [-0.2, 0) is 19.3 Å². The number of fused-ring (bicyclic) bond motifs is 1. The van der Waals surface area contributed by atoms with Crippen molar-refractivity contribution in [3.05, 3.63) is 106 Å². The molecule has 2 heterocycles. The van der Waals surface area contributed by atoms with E-state index in [2.05, 4.69) is 15.4 Å². The zero-order valence-corrected chi connectivity index (χ0v) is 16.6. The monoisotopic (exact) mass is 438 g/mol. The SMILES string of the molecule is O=C(NCc1nn(Cc2ccccn2)c(=O)c2ccccc12)c1ccccc1C(F)(F)F. The first-order valence-electron chi connectivity index (χ1n) is 9.67. The van der Waals surface area contributed by atoms with Crippen LogP contribution >= 0.6 is 0 Å². The molecule has 2 aromatic heterocycles. The molecular formula is C23H17F3N4O2. The van der Waals surface area contributed by atoms with Crippen molar-refractivity contribution in [3.63, 3.8) is 0 Å². The quantitative estimate of drug-likeness (QED) is 0.515. The Morgan fingerprint density at radius 1 is 0.938 bits per heavy atom. The zero-order chi connectivity index (χ0) is 22.7. The summed E-state index contributed by atoms with van der Waals surface area (Å²) in [6.07, 6.45) is -3.06. The fourth-order valence-corrected chi connectivity index (χ4v) is 3.38. The minimum atomic E-state index is -4.66. The lowest BCUT2D eigenvalue weighted by Crippen LogP contribution is -2.30. The van der Waals surface area contributed by atoms with Crippen molar-refractivity contribution in [1.29, 1.82) is 0 Å². The second-order valence-electron chi connectivity index (χ2n) is 7.00. The molecule has 2 aromatic carbocycles. The number of nitrogens with one attached hydrogen (secondary N) is 1. The second-order valence-corrected chi connectivity index (χ2v) is 7.00. The highest BCUT2D eigenvalue weighted by Gasteiger charge is 2.34. The Morgan fingerprint density at radius 3 is 2.34 bits per heavy atom. The van der Waals surface area contributed by atoms with Crippen LogP contribution in [0.3, 0.4) is 0 Å². The highest BCUT2D eigenvalue weighted by Crippen LogP contribution is 2.31. The smallest absolute Gasteiger partial charge is 0.346 e. The lowest BCUT2D eigenvalue weighted by molar-refractivity contribution is -0.137. The van der Waals surface area contributed by atoms with Crippen LogP contribution in [0, 0.1) is 0 Å². The molecule has 4 rings (SSSR count). The number of benzene rings is 2. The largest absolute Gasteiger partial charge is 0.417 e. The summed E-state index contributed by atoms with van der Waals surface area (Å²) in [6, 6.07) is 16.6. The molecule has 0 aliphatic heterocycles. The summed E-state index contributed by atoms with van der Waals surface area (Å²) < 4.78 is 41.0. The lowest BCUT2D eigenvalue weighted by Gasteiger charge is -2.14. The first kappa shape index (κ1) is 21.2. The third-order valence-corrected chi connectivity index (χ3v) is 4.88. The Kier molecular flexibility index (Phi) is 5.72. The van der Waals surface area contributed by atoms with Gasteiger partial charge in [0.2, 0.25) is 0 Å². The van der Waals surface area contributed by atoms with E-state index < -0.39 is 23.2 Å². The van der Waals surface area contributed by atoms with Crippen molar-refractivity contribution in [1.82, 2.24) is 20.1 Å². The number of halogens is 3. The van der Waals surface area contributed by atoms with Gasteiger partial charge in [-0.3, -0.25) is 14.6 Å². The summed E-state index contributed by atoms with van der Waals surface area (Å²) in [5.41, 5.74) is -0.856. The molecule has 0 unspecified atom stereocenters. The predicted molar refractivity (Wildman–Crippen MR) is 112 cm³/mol. The van der Waals surface area contributed by atoms with Crippen molar-refractivity contribution in [2.75, 3.05) is 0 Å². The molecule has 6 nitrogen and oxygen atoms in total. The summed E-state index contributed by atoms with van der Waals surface area (Å²) in [6.45, 7) is -0.0452. The van der Waals surface area contributed by atoms with Crippen molar-refractivity contribution < 1.29 is 18.0 Å². The van der Waals surface area contributed by atoms with Crippen molar-refractivity contribution in [2.24, 2.45) is 0 Å². The van der Waals surface area contributed by atoms with Crippen LogP contribution in [-0.4, -0.2) is 20.7 Å². The van der Waals surface area contributed by atoms with Gasteiger partial charge in [-0.1, -0.05) is 36.4 Å². The maximum absolute atomic E-state index is 13.2. The zero-order valence-electron chi connectivity index (χ0n) is 16.6. The summed E-state index contributed by atoms with van der Waals surface area (Å²) in [5, 5.41) is 7.76. The van der Waals surface area contributed by atoms with Gasteiger partial charge in [0.15, 0.2) is 0 Å². The Bertz CT molecular complexity index is 1330. The molecule has 0 bridgehead atoms. The standard InChI is InChI=1S/C23H17F3N4O2/c24-23(25,26)19-11-4-3-10-18(19)21(31)28-13-20-16-8-1-2-9-17(16)22(32)30(29-20)14-15-7-5-6-12-27-15/h1-12H,13-14H2,(H,28,31). The molecule has 0 radical (unpaired) electrons. The first-order valence-corrected chi connectivity index (χ1v) is 9.67. The van der Waals surface area contributed by atoms with Gasteiger partial charge in [-0.15, -0.1) is 0 Å². The van der Waals surface area contributed by atoms with Crippen LogP contribution in [0.4, 0.5) is 13.2 Å². The van der Waals surface area contributed by atoms with E-state index in [0.717, 1.165) is 12.1 Å². The number of aromatic nitrogens is 3. The van der Waals surface area contributed by atoms with Crippen molar-refractivity contribution >= 4 is 16.7 Å². The minimum Gasteiger partial charge on any atom is -0.346 e. The fraction of sp³-hybridized carbons (Fsp3) is 0.130. The average Bonchev–Trinajstić information content (AvgIpc) is 2.80. The van der Waals surface area contributed by atoms with Gasteiger partial charge in [0, 0.05) is 11.6 Å². The van der Waals surface area contributed by atoms with E-state index in [1.165, 1.54) is 16.8 Å². The molecule has 32 heavy (non-hydrogen) atoms. The lowest BCUT2D eigenvalue weighted by atomic mass is 10.1.